The highest BCUT2D eigenvalue weighted by Gasteiger charge is 2.06. The molecular weight excluding hydrogens is 370 g/mol. The summed E-state index contributed by atoms with van der Waals surface area (Å²) in [6, 6.07) is 15.1. The second-order valence-corrected chi connectivity index (χ2v) is 6.23. The highest BCUT2D eigenvalue weighted by Crippen LogP contribution is 2.17. The van der Waals surface area contributed by atoms with Crippen LogP contribution in [0.3, 0.4) is 0 Å². The monoisotopic (exact) mass is 389 g/mol. The third kappa shape index (κ3) is 5.49. The first kappa shape index (κ1) is 18.2. The van der Waals surface area contributed by atoms with Crippen LogP contribution in [-0.4, -0.2) is 25.5 Å². The molecule has 0 aliphatic rings. The summed E-state index contributed by atoms with van der Waals surface area (Å²) in [5.41, 5.74) is 2.72. The minimum atomic E-state index is -0.345. The predicted molar refractivity (Wildman–Crippen MR) is 97.0 cm³/mol. The van der Waals surface area contributed by atoms with E-state index in [1.807, 2.05) is 36.4 Å². The zero-order valence-corrected chi connectivity index (χ0v) is 15.1. The first-order valence-corrected chi connectivity index (χ1v) is 8.57. The molecule has 1 N–H and O–H groups in total. The van der Waals surface area contributed by atoms with Gasteiger partial charge in [0.25, 0.3) is 0 Å². The molecule has 0 aliphatic carbocycles. The van der Waals surface area contributed by atoms with Crippen LogP contribution in [0.1, 0.15) is 27.9 Å². The molecule has 0 atom stereocenters. The van der Waals surface area contributed by atoms with Crippen molar-refractivity contribution >= 4 is 27.8 Å². The number of aryl methyl sites for hydroxylation is 1. The summed E-state index contributed by atoms with van der Waals surface area (Å²) in [4.78, 5) is 23.3. The standard InChI is InChI=1S/C19H20BrNO3/c1-24-19(23)16-8-6-14(7-9-16)12-13-21-18(22)11-10-15-4-2-3-5-17(15)20/h2-9H,10-13H2,1H3,(H,21,22). The van der Waals surface area contributed by atoms with Crippen molar-refractivity contribution in [2.24, 2.45) is 0 Å². The van der Waals surface area contributed by atoms with Crippen LogP contribution in [0.5, 0.6) is 0 Å². The molecule has 0 saturated carbocycles. The maximum Gasteiger partial charge on any atom is 0.337 e. The first-order valence-electron chi connectivity index (χ1n) is 7.77. The first-order chi connectivity index (χ1) is 11.6. The number of nitrogens with one attached hydrogen (secondary N) is 1. The highest BCUT2D eigenvalue weighted by atomic mass is 79.9. The molecule has 0 bridgehead atoms. The van der Waals surface area contributed by atoms with E-state index in [4.69, 9.17) is 0 Å². The van der Waals surface area contributed by atoms with Crippen LogP contribution in [0, 0.1) is 0 Å². The highest BCUT2D eigenvalue weighted by molar-refractivity contribution is 9.10. The lowest BCUT2D eigenvalue weighted by molar-refractivity contribution is -0.121. The Hall–Kier alpha value is -2.14. The van der Waals surface area contributed by atoms with E-state index < -0.39 is 0 Å². The number of hydrogen-bond acceptors (Lipinski definition) is 3. The van der Waals surface area contributed by atoms with E-state index in [0.29, 0.717) is 24.9 Å². The SMILES string of the molecule is COC(=O)c1ccc(CCNC(=O)CCc2ccccc2Br)cc1. The van der Waals surface area contributed by atoms with E-state index in [0.717, 1.165) is 22.0 Å². The van der Waals surface area contributed by atoms with Gasteiger partial charge in [-0.05, 0) is 42.2 Å². The van der Waals surface area contributed by atoms with Crippen LogP contribution >= 0.6 is 15.9 Å². The lowest BCUT2D eigenvalue weighted by Gasteiger charge is -2.07. The number of ether oxygens (including phenoxy) is 1. The molecule has 2 rings (SSSR count). The van der Waals surface area contributed by atoms with Gasteiger partial charge in [-0.2, -0.15) is 0 Å². The van der Waals surface area contributed by atoms with E-state index in [-0.39, 0.29) is 11.9 Å². The number of carbonyl (C=O) groups excluding carboxylic acids is 2. The molecule has 0 spiro atoms. The molecule has 0 heterocycles. The summed E-state index contributed by atoms with van der Waals surface area (Å²) in [5.74, 6) is -0.307. The molecule has 0 saturated heterocycles. The van der Waals surface area contributed by atoms with Crippen molar-refractivity contribution in [2.75, 3.05) is 13.7 Å². The van der Waals surface area contributed by atoms with E-state index in [9.17, 15) is 9.59 Å². The van der Waals surface area contributed by atoms with Gasteiger partial charge in [-0.25, -0.2) is 4.79 Å². The maximum absolute atomic E-state index is 11.9. The van der Waals surface area contributed by atoms with E-state index in [1.54, 1.807) is 12.1 Å². The van der Waals surface area contributed by atoms with Crippen LogP contribution < -0.4 is 5.32 Å². The normalized spacial score (nSPS) is 10.2. The summed E-state index contributed by atoms with van der Waals surface area (Å²) in [6.45, 7) is 0.576. The van der Waals surface area contributed by atoms with Gasteiger partial charge in [0.05, 0.1) is 12.7 Å². The Kier molecular flexibility index (Phi) is 7.00. The summed E-state index contributed by atoms with van der Waals surface area (Å²) < 4.78 is 5.69. The zero-order valence-electron chi connectivity index (χ0n) is 13.5. The molecule has 0 fully saturated rings. The number of halogens is 1. The van der Waals surface area contributed by atoms with Crippen LogP contribution in [0.2, 0.25) is 0 Å². The molecule has 0 unspecified atom stereocenters. The van der Waals surface area contributed by atoms with Gasteiger partial charge in [-0.1, -0.05) is 46.3 Å². The second kappa shape index (κ2) is 9.23. The van der Waals surface area contributed by atoms with Gasteiger partial charge in [0, 0.05) is 17.4 Å². The Bertz CT molecular complexity index is 698. The summed E-state index contributed by atoms with van der Waals surface area (Å²) in [6.07, 6.45) is 1.90. The lowest BCUT2D eigenvalue weighted by Crippen LogP contribution is -2.25. The largest absolute Gasteiger partial charge is 0.465 e. The van der Waals surface area contributed by atoms with Crippen molar-refractivity contribution in [3.63, 3.8) is 0 Å². The van der Waals surface area contributed by atoms with E-state index in [2.05, 4.69) is 26.0 Å². The van der Waals surface area contributed by atoms with Crippen LogP contribution in [0.15, 0.2) is 53.0 Å². The molecule has 2 aromatic rings. The molecule has 0 radical (unpaired) electrons. The van der Waals surface area contributed by atoms with E-state index in [1.165, 1.54) is 7.11 Å². The Balaban J connectivity index is 1.72. The molecule has 2 aromatic carbocycles. The number of methoxy groups -OCH3 is 1. The maximum atomic E-state index is 11.9. The molecule has 4 nitrogen and oxygen atoms in total. The number of amides is 1. The molecule has 5 heteroatoms. The molecule has 126 valence electrons. The molecular formula is C19H20BrNO3. The summed E-state index contributed by atoms with van der Waals surface area (Å²) in [7, 11) is 1.36. The van der Waals surface area contributed by atoms with Crippen molar-refractivity contribution in [1.29, 1.82) is 0 Å². The fourth-order valence-corrected chi connectivity index (χ4v) is 2.79. The average Bonchev–Trinajstić information content (AvgIpc) is 2.61. The number of hydrogen-bond donors (Lipinski definition) is 1. The number of rotatable bonds is 7. The van der Waals surface area contributed by atoms with Crippen LogP contribution in [-0.2, 0) is 22.4 Å². The van der Waals surface area contributed by atoms with E-state index >= 15 is 0 Å². The Labute approximate surface area is 150 Å². The predicted octanol–water partition coefficient (Wildman–Crippen LogP) is 3.53. The molecule has 0 aromatic heterocycles. The van der Waals surface area contributed by atoms with Crippen molar-refractivity contribution in [2.45, 2.75) is 19.3 Å². The quantitative estimate of drug-likeness (QED) is 0.736. The minimum Gasteiger partial charge on any atom is -0.465 e. The third-order valence-electron chi connectivity index (χ3n) is 3.69. The molecule has 24 heavy (non-hydrogen) atoms. The Morgan fingerprint density at radius 2 is 1.75 bits per heavy atom. The fourth-order valence-electron chi connectivity index (χ4n) is 2.31. The summed E-state index contributed by atoms with van der Waals surface area (Å²) in [5, 5.41) is 2.92. The number of benzene rings is 2. The molecule has 0 aliphatic heterocycles. The number of esters is 1. The van der Waals surface area contributed by atoms with Crippen molar-refractivity contribution in [3.05, 3.63) is 69.7 Å². The second-order valence-electron chi connectivity index (χ2n) is 5.38. The lowest BCUT2D eigenvalue weighted by atomic mass is 10.1. The smallest absolute Gasteiger partial charge is 0.337 e. The van der Waals surface area contributed by atoms with Gasteiger partial charge in [0.1, 0.15) is 0 Å². The van der Waals surface area contributed by atoms with Gasteiger partial charge < -0.3 is 10.1 Å². The zero-order chi connectivity index (χ0) is 17.4. The van der Waals surface area contributed by atoms with Gasteiger partial charge in [-0.3, -0.25) is 4.79 Å². The van der Waals surface area contributed by atoms with Gasteiger partial charge in [0.15, 0.2) is 0 Å². The summed E-state index contributed by atoms with van der Waals surface area (Å²) >= 11 is 3.49. The van der Waals surface area contributed by atoms with Crippen LogP contribution in [0.25, 0.3) is 0 Å². The third-order valence-corrected chi connectivity index (χ3v) is 4.46. The minimum absolute atomic E-state index is 0.0388. The number of carbonyl (C=O) groups is 2. The van der Waals surface area contributed by atoms with Crippen molar-refractivity contribution < 1.29 is 14.3 Å². The Morgan fingerprint density at radius 3 is 2.42 bits per heavy atom. The van der Waals surface area contributed by atoms with Gasteiger partial charge >= 0.3 is 5.97 Å². The topological polar surface area (TPSA) is 55.4 Å². The van der Waals surface area contributed by atoms with Gasteiger partial charge in [-0.15, -0.1) is 0 Å². The van der Waals surface area contributed by atoms with Crippen LogP contribution in [0.4, 0.5) is 0 Å². The van der Waals surface area contributed by atoms with Gasteiger partial charge in [0.2, 0.25) is 5.91 Å². The average molecular weight is 390 g/mol. The Morgan fingerprint density at radius 1 is 1.04 bits per heavy atom. The fraction of sp³-hybridized carbons (Fsp3) is 0.263. The van der Waals surface area contributed by atoms with Crippen molar-refractivity contribution in [3.8, 4) is 0 Å². The molecule has 1 amide bonds. The van der Waals surface area contributed by atoms with Crippen molar-refractivity contribution in [1.82, 2.24) is 5.32 Å².